The van der Waals surface area contributed by atoms with Gasteiger partial charge in [0.1, 0.15) is 17.0 Å². The fraction of sp³-hybridized carbons (Fsp3) is 0.0364. The van der Waals surface area contributed by atoms with Crippen molar-refractivity contribution in [3.8, 4) is 17.1 Å². The van der Waals surface area contributed by atoms with Crippen molar-refractivity contribution in [2.45, 2.75) is 12.8 Å². The fourth-order valence-corrected chi connectivity index (χ4v) is 9.84. The van der Waals surface area contributed by atoms with Gasteiger partial charge in [-0.1, -0.05) is 115 Å². The number of nitrogens with zero attached hydrogens (tertiary/aromatic N) is 3. The second-order valence-corrected chi connectivity index (χ2v) is 15.9. The van der Waals surface area contributed by atoms with Crippen LogP contribution in [0.4, 0.5) is 17.1 Å². The van der Waals surface area contributed by atoms with Crippen LogP contribution in [0.15, 0.2) is 192 Å². The maximum Gasteiger partial charge on any atom is 0.145 e. The predicted octanol–water partition coefficient (Wildman–Crippen LogP) is 14.8. The molecule has 0 amide bonds. The van der Waals surface area contributed by atoms with Gasteiger partial charge in [-0.3, -0.25) is 4.57 Å². The summed E-state index contributed by atoms with van der Waals surface area (Å²) < 4.78 is 9.18. The summed E-state index contributed by atoms with van der Waals surface area (Å²) in [5.41, 5.74) is 12.1. The molecule has 0 unspecified atom stereocenters. The number of hydrogen-bond donors (Lipinski definition) is 0. The van der Waals surface area contributed by atoms with Gasteiger partial charge in [-0.25, -0.2) is 4.98 Å². The summed E-state index contributed by atoms with van der Waals surface area (Å²) in [5, 5.41) is 12.3. The quantitative estimate of drug-likeness (QED) is 0.169. The number of furan rings is 1. The van der Waals surface area contributed by atoms with Crippen LogP contribution in [0.5, 0.6) is 0 Å². The minimum atomic E-state index is 0.894. The second kappa shape index (κ2) is 12.4. The molecule has 0 saturated heterocycles. The zero-order valence-electron chi connectivity index (χ0n) is 32.1. The lowest BCUT2D eigenvalue weighted by atomic mass is 9.93. The highest BCUT2D eigenvalue weighted by molar-refractivity contribution is 6.28. The monoisotopic (exact) mass is 753 g/mol. The highest BCUT2D eigenvalue weighted by Crippen LogP contribution is 2.47. The van der Waals surface area contributed by atoms with Crippen LogP contribution in [0.3, 0.4) is 0 Å². The molecule has 0 bridgehead atoms. The normalized spacial score (nSPS) is 12.9. The summed E-state index contributed by atoms with van der Waals surface area (Å²) in [5.74, 6) is 0.928. The van der Waals surface area contributed by atoms with E-state index in [1.807, 2.05) is 0 Å². The highest BCUT2D eigenvalue weighted by Gasteiger charge is 2.26. The van der Waals surface area contributed by atoms with E-state index in [2.05, 4.69) is 198 Å². The third-order valence-electron chi connectivity index (χ3n) is 12.6. The average Bonchev–Trinajstić information content (AvgIpc) is 3.81. The lowest BCUT2D eigenvalue weighted by Crippen LogP contribution is -2.12. The summed E-state index contributed by atoms with van der Waals surface area (Å²) >= 11 is 0. The molecule has 4 heteroatoms. The van der Waals surface area contributed by atoms with Crippen LogP contribution in [0.25, 0.3) is 93.1 Å². The summed E-state index contributed by atoms with van der Waals surface area (Å²) in [6, 6.07) is 68.2. The van der Waals surface area contributed by atoms with Gasteiger partial charge in [0.2, 0.25) is 0 Å². The Hall–Kier alpha value is -7.69. The fourth-order valence-electron chi connectivity index (χ4n) is 9.84. The number of imidazole rings is 1. The lowest BCUT2D eigenvalue weighted by Gasteiger charge is -2.28. The van der Waals surface area contributed by atoms with Gasteiger partial charge in [0.15, 0.2) is 0 Å². The number of hydrogen-bond acceptors (Lipinski definition) is 3. The van der Waals surface area contributed by atoms with Gasteiger partial charge in [-0.15, -0.1) is 0 Å². The van der Waals surface area contributed by atoms with Crippen molar-refractivity contribution in [3.63, 3.8) is 0 Å². The zero-order chi connectivity index (χ0) is 38.6. The topological polar surface area (TPSA) is 34.2 Å². The Kier molecular flexibility index (Phi) is 6.81. The van der Waals surface area contributed by atoms with Crippen LogP contribution in [-0.2, 0) is 12.8 Å². The third-order valence-corrected chi connectivity index (χ3v) is 12.6. The average molecular weight is 754 g/mol. The van der Waals surface area contributed by atoms with Crippen LogP contribution >= 0.6 is 0 Å². The van der Waals surface area contributed by atoms with Gasteiger partial charge in [-0.05, 0) is 134 Å². The van der Waals surface area contributed by atoms with Crippen LogP contribution in [0.2, 0.25) is 0 Å². The first kappa shape index (κ1) is 32.4. The van der Waals surface area contributed by atoms with E-state index < -0.39 is 0 Å². The molecule has 0 atom stereocenters. The van der Waals surface area contributed by atoms with Crippen molar-refractivity contribution < 1.29 is 4.42 Å². The molecule has 3 heterocycles. The third kappa shape index (κ3) is 4.87. The molecule has 0 aliphatic carbocycles. The van der Waals surface area contributed by atoms with Gasteiger partial charge in [0, 0.05) is 39.5 Å². The number of rotatable bonds is 3. The number of aryl methyl sites for hydroxylation is 2. The minimum absolute atomic E-state index is 0.894. The van der Waals surface area contributed by atoms with E-state index in [-0.39, 0.29) is 0 Å². The molecular formula is C55H35N3O. The van der Waals surface area contributed by atoms with E-state index in [1.54, 1.807) is 0 Å². The molecule has 0 spiro atoms. The molecule has 2 aromatic heterocycles. The molecule has 12 aromatic rings. The lowest BCUT2D eigenvalue weighted by molar-refractivity contribution is 0.669. The molecule has 1 aliphatic heterocycles. The minimum Gasteiger partial charge on any atom is -0.456 e. The second-order valence-electron chi connectivity index (χ2n) is 15.9. The van der Waals surface area contributed by atoms with Crippen molar-refractivity contribution in [3.05, 3.63) is 199 Å². The number of anilines is 3. The first-order chi connectivity index (χ1) is 29.2. The standard InChI is InChI=1S/C55H35N3O/c1-2-12-34(13-3-1)55-56-49-20-10-11-21-50(49)58(55)40-26-24-39(25-27-40)57-51-30-36-15-5-4-14-35(36)28-37(51)22-23-38-29-47-48-31-45-43-18-8-6-16-41(43)42-17-7-9-19-44(42)46(45)32-53(48)59-54(47)33-52(38)57/h1-21,24-33H,22-23H2. The van der Waals surface area contributed by atoms with E-state index in [9.17, 15) is 0 Å². The number of fused-ring (bicyclic) bond motifs is 13. The molecule has 10 aromatic carbocycles. The predicted molar refractivity (Wildman–Crippen MR) is 246 cm³/mol. The van der Waals surface area contributed by atoms with Crippen LogP contribution in [-0.4, -0.2) is 9.55 Å². The molecule has 13 rings (SSSR count). The van der Waals surface area contributed by atoms with E-state index in [0.717, 1.165) is 74.3 Å². The SMILES string of the molecule is c1ccc(-c2nc3ccccc3n2-c2ccc(N3c4cc5ccccc5cc4CCc4cc5c(cc43)oc3cc4c6ccccc6c6ccccc6c4cc35)cc2)cc1. The molecule has 0 saturated carbocycles. The van der Waals surface area contributed by atoms with Gasteiger partial charge < -0.3 is 9.32 Å². The molecule has 59 heavy (non-hydrogen) atoms. The molecule has 0 radical (unpaired) electrons. The van der Waals surface area contributed by atoms with Gasteiger partial charge in [-0.2, -0.15) is 0 Å². The van der Waals surface area contributed by atoms with Gasteiger partial charge in [0.05, 0.1) is 16.7 Å². The van der Waals surface area contributed by atoms with E-state index in [0.29, 0.717) is 0 Å². The van der Waals surface area contributed by atoms with Crippen LogP contribution < -0.4 is 4.90 Å². The van der Waals surface area contributed by atoms with E-state index in [1.165, 1.54) is 59.9 Å². The van der Waals surface area contributed by atoms with E-state index in [4.69, 9.17) is 9.40 Å². The van der Waals surface area contributed by atoms with Gasteiger partial charge in [0.25, 0.3) is 0 Å². The summed E-state index contributed by atoms with van der Waals surface area (Å²) in [6.07, 6.45) is 1.85. The Morgan fingerprint density at radius 2 is 0.949 bits per heavy atom. The molecule has 4 nitrogen and oxygen atoms in total. The van der Waals surface area contributed by atoms with E-state index >= 15 is 0 Å². The number of para-hydroxylation sites is 2. The van der Waals surface area contributed by atoms with Crippen molar-refractivity contribution in [1.82, 2.24) is 9.55 Å². The summed E-state index contributed by atoms with van der Waals surface area (Å²) in [6.45, 7) is 0. The first-order valence-corrected chi connectivity index (χ1v) is 20.4. The smallest absolute Gasteiger partial charge is 0.145 e. The molecule has 276 valence electrons. The Labute approximate surface area is 339 Å². The Bertz CT molecular complexity index is 3670. The van der Waals surface area contributed by atoms with Crippen molar-refractivity contribution in [2.75, 3.05) is 4.90 Å². The molecular weight excluding hydrogens is 719 g/mol. The molecule has 0 fully saturated rings. The van der Waals surface area contributed by atoms with Crippen molar-refractivity contribution >= 4 is 93.1 Å². The van der Waals surface area contributed by atoms with Crippen LogP contribution in [0, 0.1) is 0 Å². The highest BCUT2D eigenvalue weighted by atomic mass is 16.3. The Morgan fingerprint density at radius 3 is 1.69 bits per heavy atom. The Morgan fingerprint density at radius 1 is 0.407 bits per heavy atom. The summed E-state index contributed by atoms with van der Waals surface area (Å²) in [7, 11) is 0. The molecule has 1 aliphatic rings. The van der Waals surface area contributed by atoms with Crippen LogP contribution in [0.1, 0.15) is 11.1 Å². The molecule has 0 N–H and O–H groups in total. The number of benzene rings is 10. The maximum atomic E-state index is 6.90. The Balaban J connectivity index is 1.02. The zero-order valence-corrected chi connectivity index (χ0v) is 32.1. The van der Waals surface area contributed by atoms with Gasteiger partial charge >= 0.3 is 0 Å². The summed E-state index contributed by atoms with van der Waals surface area (Å²) in [4.78, 5) is 7.57. The number of aromatic nitrogens is 2. The maximum absolute atomic E-state index is 6.90. The van der Waals surface area contributed by atoms with Crippen molar-refractivity contribution in [1.29, 1.82) is 0 Å². The largest absolute Gasteiger partial charge is 0.456 e. The van der Waals surface area contributed by atoms with Crippen molar-refractivity contribution in [2.24, 2.45) is 0 Å². The first-order valence-electron chi connectivity index (χ1n) is 20.4.